The van der Waals surface area contributed by atoms with Crippen LogP contribution in [0.15, 0.2) is 36.7 Å². The maximum Gasteiger partial charge on any atom is 0.166 e. The molecule has 0 spiro atoms. The minimum atomic E-state index is 0.791. The fourth-order valence-electron chi connectivity index (χ4n) is 2.36. The lowest BCUT2D eigenvalue weighted by Gasteiger charge is -1.97. The van der Waals surface area contributed by atoms with Gasteiger partial charge in [0, 0.05) is 30.4 Å². The SMILES string of the molecule is Cc1nn(C)c2nc(-c3nnc(-c4cccnc4)s3)ccc12. The van der Waals surface area contributed by atoms with Crippen molar-refractivity contribution in [2.45, 2.75) is 6.92 Å². The average molecular weight is 308 g/mol. The third-order valence-electron chi connectivity index (χ3n) is 3.42. The number of aryl methyl sites for hydroxylation is 2. The zero-order chi connectivity index (χ0) is 15.1. The topological polar surface area (TPSA) is 69.4 Å². The lowest BCUT2D eigenvalue weighted by Crippen LogP contribution is -1.93. The van der Waals surface area contributed by atoms with Crippen molar-refractivity contribution < 1.29 is 0 Å². The van der Waals surface area contributed by atoms with Gasteiger partial charge in [0.05, 0.1) is 5.69 Å². The first-order chi connectivity index (χ1) is 10.7. The summed E-state index contributed by atoms with van der Waals surface area (Å²) in [5, 5.41) is 15.6. The first kappa shape index (κ1) is 13.0. The summed E-state index contributed by atoms with van der Waals surface area (Å²) < 4.78 is 1.79. The van der Waals surface area contributed by atoms with Crippen molar-refractivity contribution in [3.8, 4) is 21.3 Å². The Labute approximate surface area is 130 Å². The summed E-state index contributed by atoms with van der Waals surface area (Å²) in [5.41, 5.74) is 3.60. The molecule has 4 aromatic heterocycles. The molecule has 0 unspecified atom stereocenters. The standard InChI is InChI=1S/C15H12N6S/c1-9-11-5-6-12(17-13(11)21(2)20-9)15-19-18-14(22-15)10-4-3-7-16-8-10/h3-8H,1-2H3. The minimum absolute atomic E-state index is 0.791. The Balaban J connectivity index is 1.79. The molecule has 6 nitrogen and oxygen atoms in total. The molecule has 0 radical (unpaired) electrons. The first-order valence-electron chi connectivity index (χ1n) is 6.77. The number of pyridine rings is 2. The number of nitrogens with zero attached hydrogens (tertiary/aromatic N) is 6. The van der Waals surface area contributed by atoms with Crippen molar-refractivity contribution in [1.82, 2.24) is 29.9 Å². The van der Waals surface area contributed by atoms with Crippen LogP contribution in [0.25, 0.3) is 32.3 Å². The molecule has 0 aromatic carbocycles. The van der Waals surface area contributed by atoms with Crippen LogP contribution < -0.4 is 0 Å². The van der Waals surface area contributed by atoms with Gasteiger partial charge in [0.1, 0.15) is 10.7 Å². The van der Waals surface area contributed by atoms with Gasteiger partial charge in [-0.3, -0.25) is 9.67 Å². The van der Waals surface area contributed by atoms with Crippen molar-refractivity contribution in [3.05, 3.63) is 42.4 Å². The van der Waals surface area contributed by atoms with E-state index in [-0.39, 0.29) is 0 Å². The summed E-state index contributed by atoms with van der Waals surface area (Å²) in [4.78, 5) is 8.78. The van der Waals surface area contributed by atoms with Crippen LogP contribution in [0, 0.1) is 6.92 Å². The Hall–Kier alpha value is -2.67. The molecular formula is C15H12N6S. The molecule has 0 aliphatic carbocycles. The van der Waals surface area contributed by atoms with Gasteiger partial charge in [0.2, 0.25) is 0 Å². The van der Waals surface area contributed by atoms with Gasteiger partial charge in [0.15, 0.2) is 10.7 Å². The van der Waals surface area contributed by atoms with Crippen LogP contribution >= 0.6 is 11.3 Å². The lowest BCUT2D eigenvalue weighted by atomic mass is 10.2. The second kappa shape index (κ2) is 4.96. The maximum atomic E-state index is 4.67. The fraction of sp³-hybridized carbons (Fsp3) is 0.133. The normalized spacial score (nSPS) is 11.2. The van der Waals surface area contributed by atoms with Gasteiger partial charge in [-0.1, -0.05) is 11.3 Å². The van der Waals surface area contributed by atoms with Crippen LogP contribution in [0.3, 0.4) is 0 Å². The summed E-state index contributed by atoms with van der Waals surface area (Å²) in [6.45, 7) is 1.98. The zero-order valence-electron chi connectivity index (χ0n) is 12.1. The third-order valence-corrected chi connectivity index (χ3v) is 4.42. The molecule has 0 amide bonds. The number of hydrogen-bond donors (Lipinski definition) is 0. The van der Waals surface area contributed by atoms with Gasteiger partial charge >= 0.3 is 0 Å². The molecule has 4 aromatic rings. The van der Waals surface area contributed by atoms with Gasteiger partial charge < -0.3 is 0 Å². The van der Waals surface area contributed by atoms with E-state index >= 15 is 0 Å². The van der Waals surface area contributed by atoms with E-state index in [9.17, 15) is 0 Å². The fourth-order valence-corrected chi connectivity index (χ4v) is 3.16. The van der Waals surface area contributed by atoms with Crippen molar-refractivity contribution in [2.75, 3.05) is 0 Å². The van der Waals surface area contributed by atoms with Crippen molar-refractivity contribution in [1.29, 1.82) is 0 Å². The maximum absolute atomic E-state index is 4.67. The summed E-state index contributed by atoms with van der Waals surface area (Å²) >= 11 is 1.51. The van der Waals surface area contributed by atoms with Crippen LogP contribution in [0.1, 0.15) is 5.69 Å². The molecule has 4 heterocycles. The molecule has 0 bridgehead atoms. The van der Waals surface area contributed by atoms with Gasteiger partial charge in [-0.05, 0) is 31.2 Å². The van der Waals surface area contributed by atoms with E-state index in [0.29, 0.717) is 0 Å². The largest absolute Gasteiger partial charge is 0.264 e. The second-order valence-electron chi connectivity index (χ2n) is 4.93. The number of rotatable bonds is 2. The molecule has 0 N–H and O–H groups in total. The molecule has 0 aliphatic rings. The highest BCUT2D eigenvalue weighted by atomic mass is 32.1. The molecule has 4 rings (SSSR count). The van der Waals surface area contributed by atoms with Gasteiger partial charge in [-0.2, -0.15) is 5.10 Å². The van der Waals surface area contributed by atoms with Crippen molar-refractivity contribution in [2.24, 2.45) is 7.05 Å². The summed E-state index contributed by atoms with van der Waals surface area (Å²) in [7, 11) is 1.90. The molecule has 0 fully saturated rings. The van der Waals surface area contributed by atoms with Crippen LogP contribution in [0.4, 0.5) is 0 Å². The van der Waals surface area contributed by atoms with Crippen molar-refractivity contribution >= 4 is 22.4 Å². The van der Waals surface area contributed by atoms with E-state index in [0.717, 1.165) is 38.0 Å². The Kier molecular flexibility index (Phi) is 2.93. The molecule has 0 aliphatic heterocycles. The van der Waals surface area contributed by atoms with Crippen LogP contribution in [-0.2, 0) is 7.05 Å². The summed E-state index contributed by atoms with van der Waals surface area (Å²) in [6, 6.07) is 7.85. The summed E-state index contributed by atoms with van der Waals surface area (Å²) in [6.07, 6.45) is 3.52. The Morgan fingerprint density at radius 1 is 1.09 bits per heavy atom. The van der Waals surface area contributed by atoms with Gasteiger partial charge in [0.25, 0.3) is 0 Å². The van der Waals surface area contributed by atoms with Gasteiger partial charge in [-0.25, -0.2) is 4.98 Å². The Morgan fingerprint density at radius 2 is 1.95 bits per heavy atom. The zero-order valence-corrected chi connectivity index (χ0v) is 12.9. The predicted octanol–water partition coefficient (Wildman–Crippen LogP) is 2.86. The van der Waals surface area contributed by atoms with E-state index < -0.39 is 0 Å². The highest BCUT2D eigenvalue weighted by Gasteiger charge is 2.12. The molecule has 108 valence electrons. The van der Waals surface area contributed by atoms with E-state index in [1.807, 2.05) is 38.2 Å². The van der Waals surface area contributed by atoms with E-state index in [4.69, 9.17) is 0 Å². The minimum Gasteiger partial charge on any atom is -0.264 e. The van der Waals surface area contributed by atoms with Crippen molar-refractivity contribution in [3.63, 3.8) is 0 Å². The third kappa shape index (κ3) is 2.06. The number of hydrogen-bond acceptors (Lipinski definition) is 6. The lowest BCUT2D eigenvalue weighted by molar-refractivity contribution is 0.774. The Bertz CT molecular complexity index is 957. The monoisotopic (exact) mass is 308 g/mol. The highest BCUT2D eigenvalue weighted by Crippen LogP contribution is 2.29. The number of aromatic nitrogens is 6. The molecule has 0 atom stereocenters. The molecule has 7 heteroatoms. The van der Waals surface area contributed by atoms with E-state index in [2.05, 4.69) is 25.3 Å². The van der Waals surface area contributed by atoms with Crippen LogP contribution in [0.5, 0.6) is 0 Å². The average Bonchev–Trinajstić information content (AvgIpc) is 3.14. The van der Waals surface area contributed by atoms with Crippen LogP contribution in [-0.4, -0.2) is 29.9 Å². The van der Waals surface area contributed by atoms with Gasteiger partial charge in [-0.15, -0.1) is 10.2 Å². The van der Waals surface area contributed by atoms with E-state index in [1.165, 1.54) is 11.3 Å². The quantitative estimate of drug-likeness (QED) is 0.569. The summed E-state index contributed by atoms with van der Waals surface area (Å²) in [5.74, 6) is 0. The molecule has 22 heavy (non-hydrogen) atoms. The molecule has 0 saturated heterocycles. The Morgan fingerprint density at radius 3 is 2.77 bits per heavy atom. The second-order valence-corrected chi connectivity index (χ2v) is 5.91. The molecule has 0 saturated carbocycles. The van der Waals surface area contributed by atoms with E-state index in [1.54, 1.807) is 17.1 Å². The number of fused-ring (bicyclic) bond motifs is 1. The van der Waals surface area contributed by atoms with Crippen LogP contribution in [0.2, 0.25) is 0 Å². The molecular weight excluding hydrogens is 296 g/mol. The highest BCUT2D eigenvalue weighted by molar-refractivity contribution is 7.17. The predicted molar refractivity (Wildman–Crippen MR) is 85.4 cm³/mol. The smallest absolute Gasteiger partial charge is 0.166 e. The first-order valence-corrected chi connectivity index (χ1v) is 7.58.